The molecule has 18 heavy (non-hydrogen) atoms. The molecule has 0 atom stereocenters. The van der Waals surface area contributed by atoms with E-state index in [1.54, 1.807) is 0 Å². The lowest BCUT2D eigenvalue weighted by Gasteiger charge is -2.08. The van der Waals surface area contributed by atoms with Crippen LogP contribution >= 0.6 is 11.6 Å². The van der Waals surface area contributed by atoms with E-state index in [0.29, 0.717) is 0 Å². The number of anilines is 1. The Morgan fingerprint density at radius 1 is 1.56 bits per heavy atom. The van der Waals surface area contributed by atoms with Crippen LogP contribution < -0.4 is 11.1 Å². The summed E-state index contributed by atoms with van der Waals surface area (Å²) in [5, 5.41) is 12.3. The fourth-order valence-electron chi connectivity index (χ4n) is 1.16. The number of amides is 1. The first-order valence-corrected chi connectivity index (χ1v) is 5.00. The zero-order chi connectivity index (χ0) is 13.9. The Kier molecular flexibility index (Phi) is 4.38. The predicted octanol–water partition coefficient (Wildman–Crippen LogP) is 1.83. The molecule has 0 aliphatic rings. The first-order valence-electron chi connectivity index (χ1n) is 4.62. The maximum absolute atomic E-state index is 11.9. The molecule has 0 saturated carbocycles. The van der Waals surface area contributed by atoms with Crippen molar-refractivity contribution in [1.29, 1.82) is 0 Å². The molecule has 1 aromatic carbocycles. The fourth-order valence-corrected chi connectivity index (χ4v) is 1.38. The number of hydrogen-bond acceptors (Lipinski definition) is 4. The Morgan fingerprint density at radius 3 is 2.67 bits per heavy atom. The van der Waals surface area contributed by atoms with Crippen molar-refractivity contribution >= 4 is 28.9 Å². The number of carbonyl (C=O) groups excluding carboxylic acids is 1. The van der Waals surface area contributed by atoms with E-state index in [4.69, 9.17) is 17.3 Å². The SMILES string of the molecule is Nc1c(Cl)cc([N+](=O)[O-])cc1C(=O)NCC(F)F. The molecule has 0 fully saturated rings. The van der Waals surface area contributed by atoms with E-state index in [-0.39, 0.29) is 16.3 Å². The summed E-state index contributed by atoms with van der Waals surface area (Å²) in [6, 6.07) is 1.85. The zero-order valence-electron chi connectivity index (χ0n) is 8.82. The molecule has 0 spiro atoms. The number of nitro benzene ring substituents is 1. The quantitative estimate of drug-likeness (QED) is 0.499. The van der Waals surface area contributed by atoms with Gasteiger partial charge in [-0.3, -0.25) is 14.9 Å². The normalized spacial score (nSPS) is 10.4. The number of hydrogen-bond donors (Lipinski definition) is 2. The number of nitrogen functional groups attached to an aromatic ring is 1. The smallest absolute Gasteiger partial charge is 0.271 e. The standard InChI is InChI=1S/C9H8ClF2N3O3/c10-6-2-4(15(17)18)1-5(8(6)13)9(16)14-3-7(11)12/h1-2,7H,3,13H2,(H,14,16). The van der Waals surface area contributed by atoms with Gasteiger partial charge in [-0.2, -0.15) is 0 Å². The van der Waals surface area contributed by atoms with Crippen LogP contribution in [-0.2, 0) is 0 Å². The topological polar surface area (TPSA) is 98.3 Å². The molecule has 0 radical (unpaired) electrons. The highest BCUT2D eigenvalue weighted by molar-refractivity contribution is 6.34. The molecule has 1 aromatic rings. The lowest BCUT2D eigenvalue weighted by molar-refractivity contribution is -0.384. The van der Waals surface area contributed by atoms with E-state index < -0.39 is 29.5 Å². The molecule has 0 bridgehead atoms. The number of rotatable bonds is 4. The third kappa shape index (κ3) is 3.27. The number of nitro groups is 1. The van der Waals surface area contributed by atoms with Crippen molar-refractivity contribution in [3.8, 4) is 0 Å². The van der Waals surface area contributed by atoms with Gasteiger partial charge in [0, 0.05) is 12.1 Å². The minimum atomic E-state index is -2.73. The van der Waals surface area contributed by atoms with Gasteiger partial charge in [-0.25, -0.2) is 8.78 Å². The number of nitrogens with two attached hydrogens (primary N) is 1. The number of nitrogens with zero attached hydrogens (tertiary/aromatic N) is 1. The van der Waals surface area contributed by atoms with E-state index in [1.807, 2.05) is 5.32 Å². The van der Waals surface area contributed by atoms with Crippen molar-refractivity contribution in [2.24, 2.45) is 0 Å². The van der Waals surface area contributed by atoms with Crippen LogP contribution in [0.25, 0.3) is 0 Å². The number of benzene rings is 1. The second-order valence-electron chi connectivity index (χ2n) is 3.25. The summed E-state index contributed by atoms with van der Waals surface area (Å²) in [4.78, 5) is 21.3. The molecule has 9 heteroatoms. The molecule has 0 heterocycles. The number of nitrogens with one attached hydrogen (secondary N) is 1. The van der Waals surface area contributed by atoms with E-state index in [9.17, 15) is 23.7 Å². The molecule has 0 aliphatic carbocycles. The van der Waals surface area contributed by atoms with Crippen molar-refractivity contribution in [2.75, 3.05) is 12.3 Å². The third-order valence-electron chi connectivity index (χ3n) is 1.99. The second-order valence-corrected chi connectivity index (χ2v) is 3.65. The Hall–Kier alpha value is -1.96. The summed E-state index contributed by atoms with van der Waals surface area (Å²) in [5.41, 5.74) is 4.50. The summed E-state index contributed by atoms with van der Waals surface area (Å²) in [6.07, 6.45) is -2.73. The van der Waals surface area contributed by atoms with Crippen LogP contribution in [0.2, 0.25) is 5.02 Å². The molecular weight excluding hydrogens is 272 g/mol. The minimum Gasteiger partial charge on any atom is -0.397 e. The first kappa shape index (κ1) is 14.1. The largest absolute Gasteiger partial charge is 0.397 e. The maximum Gasteiger partial charge on any atom is 0.271 e. The highest BCUT2D eigenvalue weighted by Gasteiger charge is 2.19. The van der Waals surface area contributed by atoms with E-state index in [2.05, 4.69) is 0 Å². The Bertz CT molecular complexity index is 496. The molecule has 0 saturated heterocycles. The lowest BCUT2D eigenvalue weighted by atomic mass is 10.1. The van der Waals surface area contributed by atoms with Gasteiger partial charge in [0.1, 0.15) is 0 Å². The van der Waals surface area contributed by atoms with Gasteiger partial charge in [-0.05, 0) is 0 Å². The molecule has 98 valence electrons. The molecule has 1 amide bonds. The second kappa shape index (κ2) is 5.58. The average molecular weight is 280 g/mol. The summed E-state index contributed by atoms with van der Waals surface area (Å²) >= 11 is 5.61. The highest BCUT2D eigenvalue weighted by Crippen LogP contribution is 2.28. The summed E-state index contributed by atoms with van der Waals surface area (Å²) in [5.74, 6) is -0.946. The number of halogens is 3. The molecule has 0 aromatic heterocycles. The van der Waals surface area contributed by atoms with Crippen molar-refractivity contribution < 1.29 is 18.5 Å². The minimum absolute atomic E-state index is 0.189. The van der Waals surface area contributed by atoms with Gasteiger partial charge >= 0.3 is 0 Å². The molecule has 3 N–H and O–H groups in total. The van der Waals surface area contributed by atoms with Gasteiger partial charge in [0.15, 0.2) is 0 Å². The van der Waals surface area contributed by atoms with Crippen LogP contribution in [-0.4, -0.2) is 23.8 Å². The summed E-state index contributed by atoms with van der Waals surface area (Å²) in [7, 11) is 0. The van der Waals surface area contributed by atoms with E-state index in [1.165, 1.54) is 0 Å². The number of alkyl halides is 2. The number of non-ortho nitro benzene ring substituents is 1. The van der Waals surface area contributed by atoms with Crippen LogP contribution in [0.4, 0.5) is 20.2 Å². The highest BCUT2D eigenvalue weighted by atomic mass is 35.5. The summed E-state index contributed by atoms with van der Waals surface area (Å²) < 4.78 is 23.8. The third-order valence-corrected chi connectivity index (χ3v) is 2.30. The molecule has 6 nitrogen and oxygen atoms in total. The van der Waals surface area contributed by atoms with Crippen molar-refractivity contribution in [2.45, 2.75) is 6.43 Å². The maximum atomic E-state index is 11.9. The van der Waals surface area contributed by atoms with Crippen LogP contribution in [0.3, 0.4) is 0 Å². The number of carbonyl (C=O) groups is 1. The van der Waals surface area contributed by atoms with Crippen molar-refractivity contribution in [3.63, 3.8) is 0 Å². The lowest BCUT2D eigenvalue weighted by Crippen LogP contribution is -2.29. The van der Waals surface area contributed by atoms with Crippen LogP contribution in [0.5, 0.6) is 0 Å². The monoisotopic (exact) mass is 279 g/mol. The Morgan fingerprint density at radius 2 is 2.17 bits per heavy atom. The van der Waals surface area contributed by atoms with Gasteiger partial charge in [-0.15, -0.1) is 0 Å². The van der Waals surface area contributed by atoms with Crippen molar-refractivity contribution in [3.05, 3.63) is 32.8 Å². The van der Waals surface area contributed by atoms with Gasteiger partial charge in [0.25, 0.3) is 18.0 Å². The van der Waals surface area contributed by atoms with Gasteiger partial charge in [0.05, 0.1) is 27.7 Å². The first-order chi connectivity index (χ1) is 8.32. The van der Waals surface area contributed by atoms with E-state index >= 15 is 0 Å². The average Bonchev–Trinajstić information content (AvgIpc) is 2.29. The predicted molar refractivity (Wildman–Crippen MR) is 60.9 cm³/mol. The van der Waals surface area contributed by atoms with E-state index in [0.717, 1.165) is 12.1 Å². The van der Waals surface area contributed by atoms with Crippen LogP contribution in [0, 0.1) is 10.1 Å². The van der Waals surface area contributed by atoms with Gasteiger partial charge in [-0.1, -0.05) is 11.6 Å². The van der Waals surface area contributed by atoms with Crippen molar-refractivity contribution in [1.82, 2.24) is 5.32 Å². The van der Waals surface area contributed by atoms with Crippen LogP contribution in [0.15, 0.2) is 12.1 Å². The Balaban J connectivity index is 3.07. The molecule has 0 unspecified atom stereocenters. The molecule has 1 rings (SSSR count). The summed E-state index contributed by atoms with van der Waals surface area (Å²) in [6.45, 7) is -0.876. The van der Waals surface area contributed by atoms with Gasteiger partial charge in [0.2, 0.25) is 0 Å². The Labute approximate surface area is 105 Å². The molecule has 0 aliphatic heterocycles. The van der Waals surface area contributed by atoms with Gasteiger partial charge < -0.3 is 11.1 Å². The molecular formula is C9H8ClF2N3O3. The van der Waals surface area contributed by atoms with Crippen LogP contribution in [0.1, 0.15) is 10.4 Å². The fraction of sp³-hybridized carbons (Fsp3) is 0.222. The zero-order valence-corrected chi connectivity index (χ0v) is 9.58.